The van der Waals surface area contributed by atoms with Crippen LogP contribution >= 0.6 is 0 Å². The van der Waals surface area contributed by atoms with Crippen LogP contribution in [0.15, 0.2) is 48.9 Å². The third-order valence-electron chi connectivity index (χ3n) is 4.12. The molecule has 0 unspecified atom stereocenters. The minimum absolute atomic E-state index is 0.304. The highest BCUT2D eigenvalue weighted by atomic mass is 19.1. The Balaban J connectivity index is 1.92. The van der Waals surface area contributed by atoms with Gasteiger partial charge >= 0.3 is 0 Å². The largest absolute Gasteiger partial charge is 0.360 e. The van der Waals surface area contributed by atoms with Crippen LogP contribution in [0.2, 0.25) is 0 Å². The Hall–Kier alpha value is -4.04. The molecule has 0 spiro atoms. The molecule has 0 aliphatic heterocycles. The van der Waals surface area contributed by atoms with Crippen LogP contribution in [0.4, 0.5) is 10.2 Å². The molecule has 0 aliphatic rings. The lowest BCUT2D eigenvalue weighted by Gasteiger charge is -2.08. The van der Waals surface area contributed by atoms with Crippen molar-refractivity contribution in [2.45, 2.75) is 13.0 Å². The first-order valence-corrected chi connectivity index (χ1v) is 8.12. The lowest BCUT2D eigenvalue weighted by molar-refractivity contribution is 0.628. The van der Waals surface area contributed by atoms with E-state index in [0.29, 0.717) is 41.5 Å². The zero-order valence-electron chi connectivity index (χ0n) is 14.0. The molecule has 0 atom stereocenters. The van der Waals surface area contributed by atoms with Crippen molar-refractivity contribution in [3.05, 3.63) is 66.2 Å². The highest BCUT2D eigenvalue weighted by molar-refractivity contribution is 5.77. The Morgan fingerprint density at radius 3 is 2.70 bits per heavy atom. The predicted octanol–water partition coefficient (Wildman–Crippen LogP) is 3.86. The molecule has 4 aromatic rings. The number of halogens is 1. The van der Waals surface area contributed by atoms with Gasteiger partial charge < -0.3 is 9.41 Å². The summed E-state index contributed by atoms with van der Waals surface area (Å²) in [5, 5.41) is 13.5. The molecule has 3 heterocycles. The quantitative estimate of drug-likeness (QED) is 0.520. The van der Waals surface area contributed by atoms with E-state index in [1.807, 2.05) is 4.57 Å². The SMILES string of the molecule is [C-]#[N+]c1cnc2ccc(-c3c(-c4ccc(F)cc4)ncn3CCC#N)nn12. The van der Waals surface area contributed by atoms with Crippen LogP contribution in [0, 0.1) is 23.7 Å². The summed E-state index contributed by atoms with van der Waals surface area (Å²) in [6.45, 7) is 7.70. The smallest absolute Gasteiger partial charge is 0.275 e. The van der Waals surface area contributed by atoms with Crippen LogP contribution in [0.3, 0.4) is 0 Å². The van der Waals surface area contributed by atoms with Crippen LogP contribution in [0.1, 0.15) is 6.42 Å². The fourth-order valence-corrected chi connectivity index (χ4v) is 2.87. The van der Waals surface area contributed by atoms with Gasteiger partial charge in [0, 0.05) is 18.2 Å². The molecular weight excluding hydrogens is 345 g/mol. The summed E-state index contributed by atoms with van der Waals surface area (Å²) in [5.41, 5.74) is 3.21. The van der Waals surface area contributed by atoms with Gasteiger partial charge in [0.2, 0.25) is 5.65 Å². The van der Waals surface area contributed by atoms with E-state index < -0.39 is 0 Å². The molecular formula is C19H12FN7. The number of rotatable bonds is 4. The molecule has 4 rings (SSSR count). The van der Waals surface area contributed by atoms with Gasteiger partial charge in [-0.2, -0.15) is 5.26 Å². The summed E-state index contributed by atoms with van der Waals surface area (Å²) in [4.78, 5) is 12.0. The molecule has 0 fully saturated rings. The van der Waals surface area contributed by atoms with E-state index in [1.165, 1.54) is 22.8 Å². The van der Waals surface area contributed by atoms with Gasteiger partial charge in [0.25, 0.3) is 5.82 Å². The third kappa shape index (κ3) is 2.90. The minimum Gasteiger partial charge on any atom is -0.360 e. The molecule has 0 radical (unpaired) electrons. The van der Waals surface area contributed by atoms with Crippen molar-refractivity contribution in [3.8, 4) is 28.7 Å². The third-order valence-corrected chi connectivity index (χ3v) is 4.12. The van der Waals surface area contributed by atoms with Crippen molar-refractivity contribution in [1.29, 1.82) is 5.26 Å². The molecule has 3 aromatic heterocycles. The fraction of sp³-hybridized carbons (Fsp3) is 0.105. The Bertz CT molecular complexity index is 1210. The van der Waals surface area contributed by atoms with Gasteiger partial charge in [-0.05, 0) is 30.3 Å². The van der Waals surface area contributed by atoms with Crippen molar-refractivity contribution < 1.29 is 4.39 Å². The van der Waals surface area contributed by atoms with Gasteiger partial charge in [-0.25, -0.2) is 14.4 Å². The second-order valence-corrected chi connectivity index (χ2v) is 5.77. The molecule has 130 valence electrons. The van der Waals surface area contributed by atoms with Gasteiger partial charge in [0.15, 0.2) is 0 Å². The topological polar surface area (TPSA) is 76.2 Å². The van der Waals surface area contributed by atoms with E-state index in [0.717, 1.165) is 5.56 Å². The number of hydrogen-bond donors (Lipinski definition) is 0. The summed E-state index contributed by atoms with van der Waals surface area (Å²) < 4.78 is 16.6. The first-order chi connectivity index (χ1) is 13.2. The van der Waals surface area contributed by atoms with Crippen molar-refractivity contribution in [2.24, 2.45) is 0 Å². The Kier molecular flexibility index (Phi) is 4.07. The number of nitriles is 1. The lowest BCUT2D eigenvalue weighted by Crippen LogP contribution is -2.02. The molecule has 0 aliphatic carbocycles. The van der Waals surface area contributed by atoms with E-state index in [2.05, 4.69) is 26.0 Å². The number of aromatic nitrogens is 5. The lowest BCUT2D eigenvalue weighted by atomic mass is 10.1. The molecule has 0 saturated carbocycles. The Morgan fingerprint density at radius 2 is 1.96 bits per heavy atom. The van der Waals surface area contributed by atoms with Crippen LogP contribution in [-0.2, 0) is 6.54 Å². The maximum atomic E-state index is 13.3. The maximum Gasteiger partial charge on any atom is 0.275 e. The Morgan fingerprint density at radius 1 is 1.15 bits per heavy atom. The number of benzene rings is 1. The second kappa shape index (κ2) is 6.70. The maximum absolute atomic E-state index is 13.3. The van der Waals surface area contributed by atoms with Crippen LogP contribution in [0.5, 0.6) is 0 Å². The summed E-state index contributed by atoms with van der Waals surface area (Å²) in [6.07, 6.45) is 3.42. The number of nitrogens with zero attached hydrogens (tertiary/aromatic N) is 7. The van der Waals surface area contributed by atoms with Gasteiger partial charge in [0.05, 0.1) is 36.4 Å². The first kappa shape index (κ1) is 16.4. The van der Waals surface area contributed by atoms with Crippen LogP contribution in [-0.4, -0.2) is 24.1 Å². The standard InChI is InChI=1S/C19H12FN7/c1-22-17-11-23-16-8-7-15(25-27(16)17)19-18(13-3-5-14(20)6-4-13)24-12-26(19)10-2-9-21/h3-8,11-12H,2,10H2. The van der Waals surface area contributed by atoms with E-state index in [1.54, 1.807) is 30.6 Å². The summed E-state index contributed by atoms with van der Waals surface area (Å²) in [5.74, 6) is -0.0258. The molecule has 1 aromatic carbocycles. The molecule has 0 saturated heterocycles. The average Bonchev–Trinajstić information content (AvgIpc) is 3.30. The van der Waals surface area contributed by atoms with Gasteiger partial charge in [-0.15, -0.1) is 4.52 Å². The van der Waals surface area contributed by atoms with Crippen LogP contribution < -0.4 is 0 Å². The number of imidazole rings is 2. The van der Waals surface area contributed by atoms with Gasteiger partial charge in [-0.1, -0.05) is 11.7 Å². The van der Waals surface area contributed by atoms with Crippen molar-refractivity contribution in [1.82, 2.24) is 24.1 Å². The number of aryl methyl sites for hydroxylation is 1. The second-order valence-electron chi connectivity index (χ2n) is 5.77. The highest BCUT2D eigenvalue weighted by Crippen LogP contribution is 2.31. The fourth-order valence-electron chi connectivity index (χ4n) is 2.87. The monoisotopic (exact) mass is 357 g/mol. The van der Waals surface area contributed by atoms with Crippen molar-refractivity contribution >= 4 is 11.5 Å². The van der Waals surface area contributed by atoms with Gasteiger partial charge in [-0.3, -0.25) is 0 Å². The zero-order chi connectivity index (χ0) is 18.8. The molecule has 0 amide bonds. The molecule has 7 nitrogen and oxygen atoms in total. The highest BCUT2D eigenvalue weighted by Gasteiger charge is 2.19. The molecule has 0 bridgehead atoms. The van der Waals surface area contributed by atoms with E-state index in [4.69, 9.17) is 11.8 Å². The Labute approximate surface area is 153 Å². The van der Waals surface area contributed by atoms with E-state index >= 15 is 0 Å². The molecule has 27 heavy (non-hydrogen) atoms. The number of fused-ring (bicyclic) bond motifs is 1. The number of hydrogen-bond acceptors (Lipinski definition) is 4. The van der Waals surface area contributed by atoms with Crippen molar-refractivity contribution in [3.63, 3.8) is 0 Å². The van der Waals surface area contributed by atoms with Crippen molar-refractivity contribution in [2.75, 3.05) is 0 Å². The average molecular weight is 357 g/mol. The minimum atomic E-state index is -0.330. The predicted molar refractivity (Wildman–Crippen MR) is 96.1 cm³/mol. The summed E-state index contributed by atoms with van der Waals surface area (Å²) in [6, 6.07) is 11.7. The summed E-state index contributed by atoms with van der Waals surface area (Å²) in [7, 11) is 0. The molecule has 8 heteroatoms. The zero-order valence-corrected chi connectivity index (χ0v) is 14.0. The summed E-state index contributed by atoms with van der Waals surface area (Å²) >= 11 is 0. The first-order valence-electron chi connectivity index (χ1n) is 8.12. The van der Waals surface area contributed by atoms with Crippen LogP contribution in [0.25, 0.3) is 33.1 Å². The normalized spacial score (nSPS) is 10.6. The van der Waals surface area contributed by atoms with Gasteiger partial charge in [0.1, 0.15) is 11.5 Å². The molecule has 0 N–H and O–H groups in total. The van der Waals surface area contributed by atoms with E-state index in [9.17, 15) is 4.39 Å². The van der Waals surface area contributed by atoms with E-state index in [-0.39, 0.29) is 5.82 Å².